The van der Waals surface area contributed by atoms with Gasteiger partial charge in [0.15, 0.2) is 0 Å². The first-order valence-electron chi connectivity index (χ1n) is 8.89. The van der Waals surface area contributed by atoms with Crippen molar-refractivity contribution in [2.24, 2.45) is 0 Å². The highest BCUT2D eigenvalue weighted by atomic mass is 35.5. The van der Waals surface area contributed by atoms with Gasteiger partial charge in [-0.25, -0.2) is 9.97 Å². The summed E-state index contributed by atoms with van der Waals surface area (Å²) in [5.41, 5.74) is 0.797. The predicted molar refractivity (Wildman–Crippen MR) is 101 cm³/mol. The third kappa shape index (κ3) is 3.52. The second kappa shape index (κ2) is 7.20. The van der Waals surface area contributed by atoms with Gasteiger partial charge in [-0.3, -0.25) is 14.7 Å². The van der Waals surface area contributed by atoms with Gasteiger partial charge in [0.25, 0.3) is 5.56 Å². The van der Waals surface area contributed by atoms with Crippen LogP contribution in [0, 0.1) is 0 Å². The number of hydrogen-bond donors (Lipinski definition) is 1. The highest BCUT2D eigenvalue weighted by Crippen LogP contribution is 2.23. The standard InChI is InChI=1S/C17H22ClN7O/c1-23-6-2-3-12-15(23)21-17(22-16(12)26)25-9-7-24(8-10-25)11-14-19-5-4-13(18)20-14/h4-5H,2-3,6-11H2,1H3,(H,21,22,26). The molecule has 0 aromatic carbocycles. The number of nitrogens with one attached hydrogen (secondary N) is 1. The molecular formula is C17H22ClN7O. The number of H-pyrrole nitrogens is 1. The van der Waals surface area contributed by atoms with Crippen LogP contribution in [0.5, 0.6) is 0 Å². The van der Waals surface area contributed by atoms with E-state index in [1.54, 1.807) is 12.3 Å². The van der Waals surface area contributed by atoms with Gasteiger partial charge in [-0.15, -0.1) is 0 Å². The SMILES string of the molecule is CN1CCCc2c1nc(N1CCN(Cc3nccc(Cl)n3)CC1)[nH]c2=O. The average Bonchev–Trinajstić information content (AvgIpc) is 2.63. The Hall–Kier alpha value is -2.19. The van der Waals surface area contributed by atoms with Crippen molar-refractivity contribution >= 4 is 23.4 Å². The number of rotatable bonds is 3. The maximum atomic E-state index is 12.4. The van der Waals surface area contributed by atoms with Crippen molar-refractivity contribution in [2.45, 2.75) is 19.4 Å². The largest absolute Gasteiger partial charge is 0.359 e. The fourth-order valence-electron chi connectivity index (χ4n) is 3.53. The predicted octanol–water partition coefficient (Wildman–Crippen LogP) is 0.918. The number of piperazine rings is 1. The van der Waals surface area contributed by atoms with Gasteiger partial charge in [0, 0.05) is 46.0 Å². The Morgan fingerprint density at radius 1 is 1.19 bits per heavy atom. The monoisotopic (exact) mass is 375 g/mol. The Morgan fingerprint density at radius 3 is 2.77 bits per heavy atom. The smallest absolute Gasteiger partial charge is 0.257 e. The van der Waals surface area contributed by atoms with Crippen LogP contribution in [0.2, 0.25) is 5.15 Å². The summed E-state index contributed by atoms with van der Waals surface area (Å²) in [6, 6.07) is 1.68. The molecule has 4 heterocycles. The molecule has 0 atom stereocenters. The molecule has 1 N–H and O–H groups in total. The molecule has 1 saturated heterocycles. The maximum absolute atomic E-state index is 12.4. The first-order chi connectivity index (χ1) is 12.6. The summed E-state index contributed by atoms with van der Waals surface area (Å²) < 4.78 is 0. The summed E-state index contributed by atoms with van der Waals surface area (Å²) in [7, 11) is 2.00. The normalized spacial score (nSPS) is 18.1. The van der Waals surface area contributed by atoms with Crippen LogP contribution in [0.15, 0.2) is 17.1 Å². The number of halogens is 1. The summed E-state index contributed by atoms with van der Waals surface area (Å²) in [6.45, 7) is 4.92. The summed E-state index contributed by atoms with van der Waals surface area (Å²) in [5.74, 6) is 2.22. The lowest BCUT2D eigenvalue weighted by Gasteiger charge is -2.35. The highest BCUT2D eigenvalue weighted by molar-refractivity contribution is 6.29. The van der Waals surface area contributed by atoms with E-state index in [4.69, 9.17) is 16.6 Å². The van der Waals surface area contributed by atoms with E-state index in [2.05, 4.69) is 29.7 Å². The van der Waals surface area contributed by atoms with Gasteiger partial charge in [0.1, 0.15) is 16.8 Å². The van der Waals surface area contributed by atoms with E-state index in [9.17, 15) is 4.79 Å². The molecule has 4 rings (SSSR count). The van der Waals surface area contributed by atoms with Crippen molar-refractivity contribution in [2.75, 3.05) is 49.6 Å². The summed E-state index contributed by atoms with van der Waals surface area (Å²) in [5, 5.41) is 0.466. The van der Waals surface area contributed by atoms with E-state index < -0.39 is 0 Å². The van der Waals surface area contributed by atoms with Gasteiger partial charge >= 0.3 is 0 Å². The quantitative estimate of drug-likeness (QED) is 0.799. The van der Waals surface area contributed by atoms with Crippen molar-refractivity contribution in [1.82, 2.24) is 24.8 Å². The van der Waals surface area contributed by atoms with Crippen LogP contribution in [0.25, 0.3) is 0 Å². The van der Waals surface area contributed by atoms with Crippen molar-refractivity contribution < 1.29 is 0 Å². The molecule has 2 aliphatic heterocycles. The molecule has 0 unspecified atom stereocenters. The molecular weight excluding hydrogens is 354 g/mol. The first kappa shape index (κ1) is 17.2. The van der Waals surface area contributed by atoms with Crippen LogP contribution < -0.4 is 15.4 Å². The van der Waals surface area contributed by atoms with Gasteiger partial charge in [-0.2, -0.15) is 4.98 Å². The third-order valence-corrected chi connectivity index (χ3v) is 5.18. The molecule has 1 fully saturated rings. The number of aromatic amines is 1. The molecule has 138 valence electrons. The number of fused-ring (bicyclic) bond motifs is 1. The van der Waals surface area contributed by atoms with E-state index in [-0.39, 0.29) is 5.56 Å². The molecule has 2 aliphatic rings. The maximum Gasteiger partial charge on any atom is 0.257 e. The van der Waals surface area contributed by atoms with Crippen molar-refractivity contribution in [3.05, 3.63) is 39.2 Å². The average molecular weight is 376 g/mol. The van der Waals surface area contributed by atoms with Gasteiger partial charge in [0.2, 0.25) is 5.95 Å². The van der Waals surface area contributed by atoms with E-state index in [0.29, 0.717) is 17.6 Å². The molecule has 26 heavy (non-hydrogen) atoms. The van der Waals surface area contributed by atoms with E-state index >= 15 is 0 Å². The van der Waals surface area contributed by atoms with Crippen LogP contribution in [0.3, 0.4) is 0 Å². The van der Waals surface area contributed by atoms with E-state index in [1.165, 1.54) is 0 Å². The molecule has 8 nitrogen and oxygen atoms in total. The molecule has 0 radical (unpaired) electrons. The van der Waals surface area contributed by atoms with Crippen LogP contribution in [0.4, 0.5) is 11.8 Å². The van der Waals surface area contributed by atoms with E-state index in [0.717, 1.165) is 62.8 Å². The lowest BCUT2D eigenvalue weighted by molar-refractivity contribution is 0.243. The Morgan fingerprint density at radius 2 is 2.00 bits per heavy atom. The van der Waals surface area contributed by atoms with Crippen LogP contribution in [-0.2, 0) is 13.0 Å². The topological polar surface area (TPSA) is 81.2 Å². The van der Waals surface area contributed by atoms with Gasteiger partial charge < -0.3 is 9.80 Å². The van der Waals surface area contributed by atoms with Crippen molar-refractivity contribution in [3.63, 3.8) is 0 Å². The summed E-state index contributed by atoms with van der Waals surface area (Å²) in [6.07, 6.45) is 3.48. The molecule has 2 aromatic rings. The minimum atomic E-state index is -0.00805. The zero-order valence-electron chi connectivity index (χ0n) is 14.8. The van der Waals surface area contributed by atoms with Gasteiger partial charge in [0.05, 0.1) is 12.1 Å². The fraction of sp³-hybridized carbons (Fsp3) is 0.529. The van der Waals surface area contributed by atoms with Gasteiger partial charge in [-0.1, -0.05) is 11.6 Å². The Kier molecular flexibility index (Phi) is 4.78. The Balaban J connectivity index is 1.44. The summed E-state index contributed by atoms with van der Waals surface area (Å²) >= 11 is 5.93. The Bertz CT molecular complexity index is 847. The molecule has 0 amide bonds. The third-order valence-electron chi connectivity index (χ3n) is 4.97. The molecule has 0 spiro atoms. The molecule has 0 aliphatic carbocycles. The number of anilines is 2. The number of hydrogen-bond acceptors (Lipinski definition) is 7. The Labute approximate surface area is 156 Å². The zero-order valence-corrected chi connectivity index (χ0v) is 15.5. The number of nitrogens with zero attached hydrogens (tertiary/aromatic N) is 6. The minimum absolute atomic E-state index is 0.00805. The number of aromatic nitrogens is 4. The van der Waals surface area contributed by atoms with Crippen molar-refractivity contribution in [3.8, 4) is 0 Å². The molecule has 9 heteroatoms. The first-order valence-corrected chi connectivity index (χ1v) is 9.27. The second-order valence-corrected chi connectivity index (χ2v) is 7.16. The molecule has 0 bridgehead atoms. The lowest BCUT2D eigenvalue weighted by Crippen LogP contribution is -2.47. The fourth-order valence-corrected chi connectivity index (χ4v) is 3.69. The van der Waals surface area contributed by atoms with Crippen LogP contribution >= 0.6 is 11.6 Å². The molecule has 0 saturated carbocycles. The van der Waals surface area contributed by atoms with Crippen LogP contribution in [-0.4, -0.2) is 64.6 Å². The summed E-state index contributed by atoms with van der Waals surface area (Å²) in [4.78, 5) is 35.1. The highest BCUT2D eigenvalue weighted by Gasteiger charge is 2.24. The van der Waals surface area contributed by atoms with E-state index in [1.807, 2.05) is 7.05 Å². The lowest BCUT2D eigenvalue weighted by atomic mass is 10.1. The van der Waals surface area contributed by atoms with Crippen LogP contribution in [0.1, 0.15) is 17.8 Å². The second-order valence-electron chi connectivity index (χ2n) is 6.78. The zero-order chi connectivity index (χ0) is 18.1. The van der Waals surface area contributed by atoms with Crippen molar-refractivity contribution in [1.29, 1.82) is 0 Å². The minimum Gasteiger partial charge on any atom is -0.359 e. The molecule has 2 aromatic heterocycles. The van der Waals surface area contributed by atoms with Gasteiger partial charge in [-0.05, 0) is 18.9 Å².